The summed E-state index contributed by atoms with van der Waals surface area (Å²) in [5.74, 6) is -2.26. The summed E-state index contributed by atoms with van der Waals surface area (Å²) in [6, 6.07) is 20.1. The normalized spacial score (nSPS) is 18.9. The largest absolute Gasteiger partial charge is 0.481 e. The first-order valence-corrected chi connectivity index (χ1v) is 15.6. The maximum Gasteiger partial charge on any atom is 0.415 e. The number of rotatable bonds is 6. The highest BCUT2D eigenvalue weighted by atomic mass is 16.6. The summed E-state index contributed by atoms with van der Waals surface area (Å²) in [4.78, 5) is 54.8. The van der Waals surface area contributed by atoms with Crippen molar-refractivity contribution in [2.75, 3.05) is 4.90 Å². The summed E-state index contributed by atoms with van der Waals surface area (Å²) in [7, 11) is 0. The summed E-state index contributed by atoms with van der Waals surface area (Å²) in [5.41, 5.74) is 5.42. The quantitative estimate of drug-likeness (QED) is 0.291. The number of fused-ring (bicyclic) bond motifs is 3. The molecule has 2 aliphatic heterocycles. The minimum atomic E-state index is -1.34. The van der Waals surface area contributed by atoms with Crippen molar-refractivity contribution < 1.29 is 34.1 Å². The summed E-state index contributed by atoms with van der Waals surface area (Å²) in [6.07, 6.45) is -0.443. The number of hydrogen-bond acceptors (Lipinski definition) is 6. The zero-order chi connectivity index (χ0) is 33.2. The van der Waals surface area contributed by atoms with E-state index in [9.17, 15) is 29.4 Å². The highest BCUT2D eigenvalue weighted by Crippen LogP contribution is 2.34. The number of nitrogens with one attached hydrogen (secondary N) is 1. The van der Waals surface area contributed by atoms with Gasteiger partial charge < -0.3 is 25.2 Å². The molecule has 0 bridgehead atoms. The second-order valence-electron chi connectivity index (χ2n) is 13.1. The number of ether oxygens (including phenoxy) is 1. The predicted molar refractivity (Wildman–Crippen MR) is 172 cm³/mol. The molecule has 2 heterocycles. The zero-order valence-electron chi connectivity index (χ0n) is 26.6. The van der Waals surface area contributed by atoms with Crippen molar-refractivity contribution in [2.45, 2.75) is 89.8 Å². The van der Waals surface area contributed by atoms with E-state index in [0.717, 1.165) is 16.7 Å². The highest BCUT2D eigenvalue weighted by Gasteiger charge is 2.43. The molecular weight excluding hydrogens is 586 g/mol. The fourth-order valence-corrected chi connectivity index (χ4v) is 6.02. The van der Waals surface area contributed by atoms with E-state index in [2.05, 4.69) is 29.6 Å². The number of para-hydroxylation sites is 1. The van der Waals surface area contributed by atoms with Gasteiger partial charge in [-0.2, -0.15) is 0 Å². The van der Waals surface area contributed by atoms with Crippen molar-refractivity contribution in [1.29, 1.82) is 0 Å². The molecule has 46 heavy (non-hydrogen) atoms. The van der Waals surface area contributed by atoms with E-state index in [1.165, 1.54) is 34.3 Å². The zero-order valence-corrected chi connectivity index (χ0v) is 26.6. The standard InChI is InChI=1S/C29H35N3O7.C7H6/c1-17(33)25(27(37)31-16-20-11-6-5-9-18(20)13-21(31)15-24(34)35)30-26(36)23-14-19-10-7-8-12-22(19)32(23)28(38)39-29(2,3)4;1-2-4-7-5-6(7)3-1/h5-12,17,21,23,25,33H,13-16H2,1-4H3,(H,30,36)(H,34,35);1-4H,5H2/t17?,21-,23-,25?;/m1./s1. The molecular formula is C36H41N3O7. The summed E-state index contributed by atoms with van der Waals surface area (Å²) in [5, 5.41) is 22.7. The lowest BCUT2D eigenvalue weighted by atomic mass is 9.91. The second-order valence-corrected chi connectivity index (χ2v) is 13.1. The van der Waals surface area contributed by atoms with Crippen LogP contribution in [0.4, 0.5) is 10.5 Å². The summed E-state index contributed by atoms with van der Waals surface area (Å²) < 4.78 is 5.57. The number of benzene rings is 3. The van der Waals surface area contributed by atoms with Gasteiger partial charge in [-0.25, -0.2) is 4.79 Å². The van der Waals surface area contributed by atoms with Crippen LogP contribution in [0.1, 0.15) is 61.9 Å². The van der Waals surface area contributed by atoms with Gasteiger partial charge in [-0.15, -0.1) is 0 Å². The summed E-state index contributed by atoms with van der Waals surface area (Å²) >= 11 is 0. The smallest absolute Gasteiger partial charge is 0.415 e. The molecule has 3 amide bonds. The molecule has 0 saturated carbocycles. The molecule has 0 fully saturated rings. The van der Waals surface area contributed by atoms with E-state index in [4.69, 9.17) is 4.74 Å². The Morgan fingerprint density at radius 2 is 1.43 bits per heavy atom. The third kappa shape index (κ3) is 7.56. The minimum Gasteiger partial charge on any atom is -0.481 e. The van der Waals surface area contributed by atoms with Crippen LogP contribution in [0.5, 0.6) is 0 Å². The molecule has 4 atom stereocenters. The number of hydrogen-bond donors (Lipinski definition) is 3. The Morgan fingerprint density at radius 3 is 2.00 bits per heavy atom. The van der Waals surface area contributed by atoms with E-state index in [1.807, 2.05) is 36.4 Å². The molecule has 3 aromatic carbocycles. The topological polar surface area (TPSA) is 136 Å². The maximum absolute atomic E-state index is 13.8. The number of carbonyl (C=O) groups excluding carboxylic acids is 3. The monoisotopic (exact) mass is 627 g/mol. The average molecular weight is 628 g/mol. The van der Waals surface area contributed by atoms with Crippen LogP contribution < -0.4 is 10.2 Å². The molecule has 6 rings (SSSR count). The Bertz CT molecular complexity index is 1610. The molecule has 0 aromatic heterocycles. The van der Waals surface area contributed by atoms with E-state index in [-0.39, 0.29) is 19.4 Å². The van der Waals surface area contributed by atoms with Gasteiger partial charge in [-0.1, -0.05) is 66.7 Å². The minimum absolute atomic E-state index is 0.158. The van der Waals surface area contributed by atoms with E-state index >= 15 is 0 Å². The first-order valence-electron chi connectivity index (χ1n) is 15.6. The van der Waals surface area contributed by atoms with Gasteiger partial charge >= 0.3 is 12.1 Å². The van der Waals surface area contributed by atoms with Crippen LogP contribution >= 0.6 is 0 Å². The number of carboxylic acid groups (broad SMARTS) is 1. The molecule has 0 saturated heterocycles. The lowest BCUT2D eigenvalue weighted by Crippen LogP contribution is -2.60. The molecule has 0 radical (unpaired) electrons. The predicted octanol–water partition coefficient (Wildman–Crippen LogP) is 4.24. The number of nitrogens with zero attached hydrogens (tertiary/aromatic N) is 2. The van der Waals surface area contributed by atoms with Crippen LogP contribution in [0.3, 0.4) is 0 Å². The Kier molecular flexibility index (Phi) is 9.48. The number of carbonyl (C=O) groups is 4. The first kappa shape index (κ1) is 32.7. The number of aliphatic hydroxyl groups is 1. The third-order valence-electron chi connectivity index (χ3n) is 8.34. The molecule has 3 aliphatic rings. The molecule has 3 N–H and O–H groups in total. The molecule has 242 valence electrons. The molecule has 0 spiro atoms. The number of aliphatic hydroxyl groups excluding tert-OH is 1. The number of amides is 3. The first-order chi connectivity index (χ1) is 21.8. The van der Waals surface area contributed by atoms with Crippen LogP contribution in [0, 0.1) is 0 Å². The SMILES string of the molecule is CC(O)C(NC(=O)[C@H]1Cc2ccccc2N1C(=O)OC(C)(C)C)C(=O)N1Cc2ccccc2C[C@@H]1CC(=O)O.c1ccc2c(c1)C2. The van der Waals surface area contributed by atoms with Crippen LogP contribution in [-0.2, 0) is 44.9 Å². The van der Waals surface area contributed by atoms with Crippen LogP contribution in [-0.4, -0.2) is 68.8 Å². The Balaban J connectivity index is 0.000000517. The van der Waals surface area contributed by atoms with Gasteiger partial charge in [0.05, 0.1) is 18.2 Å². The van der Waals surface area contributed by atoms with Gasteiger partial charge in [0.1, 0.15) is 17.7 Å². The number of anilines is 1. The van der Waals surface area contributed by atoms with Crippen molar-refractivity contribution in [2.24, 2.45) is 0 Å². The molecule has 2 unspecified atom stereocenters. The number of aliphatic carboxylic acids is 1. The van der Waals surface area contributed by atoms with Crippen molar-refractivity contribution in [3.05, 3.63) is 101 Å². The van der Waals surface area contributed by atoms with Crippen molar-refractivity contribution in [1.82, 2.24) is 10.2 Å². The number of carboxylic acids is 1. The van der Waals surface area contributed by atoms with Gasteiger partial charge in [-0.3, -0.25) is 19.3 Å². The van der Waals surface area contributed by atoms with Crippen molar-refractivity contribution >= 4 is 29.6 Å². The van der Waals surface area contributed by atoms with Gasteiger partial charge in [0.25, 0.3) is 0 Å². The Hall–Kier alpha value is -4.70. The lowest BCUT2D eigenvalue weighted by Gasteiger charge is -2.39. The fourth-order valence-electron chi connectivity index (χ4n) is 6.02. The van der Waals surface area contributed by atoms with E-state index in [1.54, 1.807) is 32.9 Å². The highest BCUT2D eigenvalue weighted by molar-refractivity contribution is 6.02. The molecule has 1 aliphatic carbocycles. The second kappa shape index (κ2) is 13.3. The Labute approximate surface area is 269 Å². The molecule has 10 nitrogen and oxygen atoms in total. The molecule has 3 aromatic rings. The Morgan fingerprint density at radius 1 is 0.870 bits per heavy atom. The molecule has 10 heteroatoms. The van der Waals surface area contributed by atoms with E-state index < -0.39 is 53.7 Å². The third-order valence-corrected chi connectivity index (χ3v) is 8.34. The maximum atomic E-state index is 13.8. The summed E-state index contributed by atoms with van der Waals surface area (Å²) in [6.45, 7) is 6.74. The lowest BCUT2D eigenvalue weighted by molar-refractivity contribution is -0.145. The van der Waals surface area contributed by atoms with Crippen molar-refractivity contribution in [3.63, 3.8) is 0 Å². The average Bonchev–Trinajstić information content (AvgIpc) is 3.68. The van der Waals surface area contributed by atoms with Crippen LogP contribution in [0.25, 0.3) is 0 Å². The van der Waals surface area contributed by atoms with Crippen molar-refractivity contribution in [3.8, 4) is 0 Å². The van der Waals surface area contributed by atoms with Gasteiger partial charge in [0, 0.05) is 19.0 Å². The van der Waals surface area contributed by atoms with Crippen LogP contribution in [0.15, 0.2) is 72.8 Å². The van der Waals surface area contributed by atoms with Gasteiger partial charge in [0.2, 0.25) is 11.8 Å². The van der Waals surface area contributed by atoms with Gasteiger partial charge in [0.15, 0.2) is 0 Å². The fraction of sp³-hybridized carbons (Fsp3) is 0.389. The van der Waals surface area contributed by atoms with Crippen LogP contribution in [0.2, 0.25) is 0 Å². The van der Waals surface area contributed by atoms with E-state index in [0.29, 0.717) is 12.1 Å². The van der Waals surface area contributed by atoms with Gasteiger partial charge in [-0.05, 0) is 74.4 Å².